The molecule has 2 heterocycles. The van der Waals surface area contributed by atoms with E-state index >= 15 is 0 Å². The lowest BCUT2D eigenvalue weighted by atomic mass is 10.00. The molecule has 0 bridgehead atoms. The minimum atomic E-state index is 0.103. The molecule has 3 N–H and O–H groups in total. The van der Waals surface area contributed by atoms with E-state index in [4.69, 9.17) is 11.1 Å². The highest BCUT2D eigenvalue weighted by molar-refractivity contribution is 5.99. The van der Waals surface area contributed by atoms with Crippen molar-refractivity contribution in [2.45, 2.75) is 26.7 Å². The van der Waals surface area contributed by atoms with Gasteiger partial charge < -0.3 is 10.6 Å². The van der Waals surface area contributed by atoms with Crippen LogP contribution in [-0.4, -0.2) is 23.9 Å². The van der Waals surface area contributed by atoms with Crippen molar-refractivity contribution in [3.63, 3.8) is 0 Å². The van der Waals surface area contributed by atoms with Crippen molar-refractivity contribution in [3.05, 3.63) is 23.4 Å². The highest BCUT2D eigenvalue weighted by atomic mass is 15.2. The Morgan fingerprint density at radius 2 is 2.29 bits per heavy atom. The van der Waals surface area contributed by atoms with Gasteiger partial charge in [-0.2, -0.15) is 0 Å². The van der Waals surface area contributed by atoms with E-state index in [0.717, 1.165) is 30.2 Å². The number of nitrogen functional groups attached to an aromatic ring is 1. The lowest BCUT2D eigenvalue weighted by Crippen LogP contribution is -2.36. The zero-order valence-corrected chi connectivity index (χ0v) is 10.5. The number of nitrogens with one attached hydrogen (secondary N) is 1. The summed E-state index contributed by atoms with van der Waals surface area (Å²) in [5.74, 6) is 1.67. The van der Waals surface area contributed by atoms with Gasteiger partial charge in [0.25, 0.3) is 0 Å². The van der Waals surface area contributed by atoms with Crippen LogP contribution in [0, 0.1) is 18.3 Å². The van der Waals surface area contributed by atoms with Crippen LogP contribution in [0.25, 0.3) is 0 Å². The Bertz CT molecular complexity index is 427. The third-order valence-corrected chi connectivity index (χ3v) is 3.26. The molecule has 1 atom stereocenters. The summed E-state index contributed by atoms with van der Waals surface area (Å²) in [5.41, 5.74) is 7.35. The van der Waals surface area contributed by atoms with Crippen molar-refractivity contribution in [2.24, 2.45) is 11.7 Å². The van der Waals surface area contributed by atoms with E-state index in [0.29, 0.717) is 5.92 Å². The SMILES string of the molecule is Cc1ccc(C(=N)N)c(N2CCCC(C)C2)n1. The van der Waals surface area contributed by atoms with Crippen LogP contribution in [0.2, 0.25) is 0 Å². The molecule has 1 saturated heterocycles. The van der Waals surface area contributed by atoms with Gasteiger partial charge in [0.2, 0.25) is 0 Å². The molecule has 1 aromatic rings. The van der Waals surface area contributed by atoms with Crippen molar-refractivity contribution in [1.29, 1.82) is 5.41 Å². The highest BCUT2D eigenvalue weighted by Gasteiger charge is 2.20. The van der Waals surface area contributed by atoms with E-state index in [-0.39, 0.29) is 5.84 Å². The number of nitrogens with two attached hydrogens (primary N) is 1. The fourth-order valence-corrected chi connectivity index (χ4v) is 2.38. The second kappa shape index (κ2) is 4.73. The highest BCUT2D eigenvalue weighted by Crippen LogP contribution is 2.24. The van der Waals surface area contributed by atoms with Crippen molar-refractivity contribution < 1.29 is 0 Å². The second-order valence-electron chi connectivity index (χ2n) is 4.93. The zero-order valence-electron chi connectivity index (χ0n) is 10.5. The number of nitrogens with zero attached hydrogens (tertiary/aromatic N) is 2. The van der Waals surface area contributed by atoms with Gasteiger partial charge in [0, 0.05) is 18.8 Å². The summed E-state index contributed by atoms with van der Waals surface area (Å²) in [5, 5.41) is 7.63. The molecule has 1 unspecified atom stereocenters. The first kappa shape index (κ1) is 11.9. The Balaban J connectivity index is 2.35. The van der Waals surface area contributed by atoms with E-state index in [1.807, 2.05) is 19.1 Å². The predicted molar refractivity (Wildman–Crippen MR) is 70.6 cm³/mol. The van der Waals surface area contributed by atoms with E-state index in [1.165, 1.54) is 12.8 Å². The van der Waals surface area contributed by atoms with Gasteiger partial charge in [-0.05, 0) is 37.8 Å². The fourth-order valence-electron chi connectivity index (χ4n) is 2.38. The summed E-state index contributed by atoms with van der Waals surface area (Å²) in [7, 11) is 0. The number of anilines is 1. The van der Waals surface area contributed by atoms with Crippen molar-refractivity contribution in [1.82, 2.24) is 4.98 Å². The molecule has 1 aliphatic heterocycles. The maximum atomic E-state index is 7.63. The van der Waals surface area contributed by atoms with Crippen molar-refractivity contribution in [3.8, 4) is 0 Å². The van der Waals surface area contributed by atoms with Crippen LogP contribution in [0.4, 0.5) is 5.82 Å². The molecular weight excluding hydrogens is 212 g/mol. The Hall–Kier alpha value is -1.58. The molecule has 0 aromatic carbocycles. The molecule has 0 aliphatic carbocycles. The minimum absolute atomic E-state index is 0.103. The summed E-state index contributed by atoms with van der Waals surface area (Å²) < 4.78 is 0. The average molecular weight is 232 g/mol. The van der Waals surface area contributed by atoms with Crippen LogP contribution in [0.5, 0.6) is 0 Å². The zero-order chi connectivity index (χ0) is 12.4. The second-order valence-corrected chi connectivity index (χ2v) is 4.93. The van der Waals surface area contributed by atoms with Crippen LogP contribution in [0.1, 0.15) is 31.0 Å². The van der Waals surface area contributed by atoms with Crippen LogP contribution < -0.4 is 10.6 Å². The van der Waals surface area contributed by atoms with E-state index in [9.17, 15) is 0 Å². The molecule has 92 valence electrons. The Labute approximate surface area is 102 Å². The molecule has 0 saturated carbocycles. The van der Waals surface area contributed by atoms with Gasteiger partial charge in [-0.3, -0.25) is 5.41 Å². The first-order valence-electron chi connectivity index (χ1n) is 6.15. The summed E-state index contributed by atoms with van der Waals surface area (Å²) in [6.07, 6.45) is 2.46. The smallest absolute Gasteiger partial charge is 0.139 e. The molecule has 1 fully saturated rings. The lowest BCUT2D eigenvalue weighted by Gasteiger charge is -2.33. The number of pyridine rings is 1. The molecular formula is C13H20N4. The lowest BCUT2D eigenvalue weighted by molar-refractivity contribution is 0.444. The molecule has 0 amide bonds. The number of aromatic nitrogens is 1. The largest absolute Gasteiger partial charge is 0.384 e. The molecule has 17 heavy (non-hydrogen) atoms. The Morgan fingerprint density at radius 1 is 1.53 bits per heavy atom. The van der Waals surface area contributed by atoms with Crippen LogP contribution in [0.15, 0.2) is 12.1 Å². The summed E-state index contributed by atoms with van der Waals surface area (Å²) in [6.45, 7) is 6.26. The molecule has 0 radical (unpaired) electrons. The van der Waals surface area contributed by atoms with Gasteiger partial charge in [0.15, 0.2) is 0 Å². The quantitative estimate of drug-likeness (QED) is 0.604. The molecule has 1 aliphatic rings. The first-order chi connectivity index (χ1) is 8.08. The van der Waals surface area contributed by atoms with Crippen LogP contribution in [0.3, 0.4) is 0 Å². The fraction of sp³-hybridized carbons (Fsp3) is 0.538. The van der Waals surface area contributed by atoms with Crippen LogP contribution >= 0.6 is 0 Å². The van der Waals surface area contributed by atoms with E-state index in [1.54, 1.807) is 0 Å². The number of hydrogen-bond donors (Lipinski definition) is 2. The van der Waals surface area contributed by atoms with Gasteiger partial charge in [-0.25, -0.2) is 4.98 Å². The number of hydrogen-bond acceptors (Lipinski definition) is 3. The van der Waals surface area contributed by atoms with E-state index < -0.39 is 0 Å². The topological polar surface area (TPSA) is 66.0 Å². The third-order valence-electron chi connectivity index (χ3n) is 3.26. The van der Waals surface area contributed by atoms with Crippen molar-refractivity contribution >= 4 is 11.7 Å². The number of amidine groups is 1. The van der Waals surface area contributed by atoms with Gasteiger partial charge in [-0.1, -0.05) is 6.92 Å². The Kier molecular flexibility index (Phi) is 3.31. The summed E-state index contributed by atoms with van der Waals surface area (Å²) in [6, 6.07) is 3.81. The van der Waals surface area contributed by atoms with Crippen molar-refractivity contribution in [2.75, 3.05) is 18.0 Å². The summed E-state index contributed by atoms with van der Waals surface area (Å²) in [4.78, 5) is 6.82. The normalized spacial score (nSPS) is 20.4. The standard InChI is InChI=1S/C13H20N4/c1-9-4-3-7-17(8-9)13-11(12(14)15)6-5-10(2)16-13/h5-6,9H,3-4,7-8H2,1-2H3,(H3,14,15). The maximum Gasteiger partial charge on any atom is 0.139 e. The molecule has 4 heteroatoms. The van der Waals surface area contributed by atoms with Gasteiger partial charge in [-0.15, -0.1) is 0 Å². The van der Waals surface area contributed by atoms with E-state index in [2.05, 4.69) is 16.8 Å². The molecule has 0 spiro atoms. The molecule has 4 nitrogen and oxygen atoms in total. The Morgan fingerprint density at radius 3 is 2.94 bits per heavy atom. The molecule has 2 rings (SSSR count). The monoisotopic (exact) mass is 232 g/mol. The molecule has 1 aromatic heterocycles. The number of piperidine rings is 1. The predicted octanol–water partition coefficient (Wildman–Crippen LogP) is 1.91. The average Bonchev–Trinajstić information content (AvgIpc) is 2.28. The van der Waals surface area contributed by atoms with Gasteiger partial charge >= 0.3 is 0 Å². The van der Waals surface area contributed by atoms with Gasteiger partial charge in [0.1, 0.15) is 11.7 Å². The minimum Gasteiger partial charge on any atom is -0.384 e. The maximum absolute atomic E-state index is 7.63. The van der Waals surface area contributed by atoms with Crippen LogP contribution in [-0.2, 0) is 0 Å². The van der Waals surface area contributed by atoms with Gasteiger partial charge in [0.05, 0.1) is 5.56 Å². The third kappa shape index (κ3) is 2.57. The summed E-state index contributed by atoms with van der Waals surface area (Å²) >= 11 is 0. The number of aryl methyl sites for hydroxylation is 1. The first-order valence-corrected chi connectivity index (χ1v) is 6.15. The number of rotatable bonds is 2.